The molecule has 2 aliphatic heterocycles. The van der Waals surface area contributed by atoms with Gasteiger partial charge in [0.05, 0.1) is 11.7 Å². The number of ether oxygens (including phenoxy) is 1. The van der Waals surface area contributed by atoms with Crippen molar-refractivity contribution in [2.45, 2.75) is 65.1 Å². The van der Waals surface area contributed by atoms with Crippen LogP contribution in [0.1, 0.15) is 53.4 Å². The van der Waals surface area contributed by atoms with Crippen LogP contribution in [-0.4, -0.2) is 11.7 Å². The van der Waals surface area contributed by atoms with Crippen LogP contribution in [0.3, 0.4) is 0 Å². The van der Waals surface area contributed by atoms with Gasteiger partial charge in [0, 0.05) is 0 Å². The smallest absolute Gasteiger partial charge is 0.0684 e. The predicted octanol–water partition coefficient (Wildman–Crippen LogP) is 3.38. The molecule has 0 N–H and O–H groups in total. The Bertz CT molecular complexity index is 213. The van der Waals surface area contributed by atoms with Gasteiger partial charge >= 0.3 is 0 Å². The number of fused-ring (bicyclic) bond motifs is 3. The summed E-state index contributed by atoms with van der Waals surface area (Å²) in [5.41, 5.74) is 0.702. The van der Waals surface area contributed by atoms with Gasteiger partial charge < -0.3 is 4.74 Å². The van der Waals surface area contributed by atoms with Crippen LogP contribution in [0.15, 0.2) is 0 Å². The van der Waals surface area contributed by atoms with Gasteiger partial charge in [0.25, 0.3) is 0 Å². The molecule has 1 aliphatic carbocycles. The minimum atomic E-state index is 0.191. The molecule has 1 heteroatoms. The van der Waals surface area contributed by atoms with Gasteiger partial charge in [-0.2, -0.15) is 0 Å². The summed E-state index contributed by atoms with van der Waals surface area (Å²) in [5.74, 6) is 0.748. The maximum atomic E-state index is 6.18. The van der Waals surface area contributed by atoms with Crippen molar-refractivity contribution in [2.75, 3.05) is 0 Å². The molecule has 0 amide bonds. The maximum absolute atomic E-state index is 6.18. The summed E-state index contributed by atoms with van der Waals surface area (Å²) in [6.45, 7) is 9.25. The zero-order valence-electron chi connectivity index (χ0n) is 9.39. The SMILES string of the molecule is CCC12CC[C@](C)(OC1C)C(C)C2. The fourth-order valence-electron chi connectivity index (χ4n) is 3.35. The van der Waals surface area contributed by atoms with Crippen LogP contribution >= 0.6 is 0 Å². The molecule has 0 aromatic rings. The molecule has 1 nitrogen and oxygen atoms in total. The van der Waals surface area contributed by atoms with Gasteiger partial charge in [-0.25, -0.2) is 0 Å². The van der Waals surface area contributed by atoms with E-state index in [2.05, 4.69) is 27.7 Å². The number of hydrogen-bond donors (Lipinski definition) is 0. The summed E-state index contributed by atoms with van der Waals surface area (Å²) >= 11 is 0. The van der Waals surface area contributed by atoms with Crippen LogP contribution in [-0.2, 0) is 4.74 Å². The summed E-state index contributed by atoms with van der Waals surface area (Å²) in [6, 6.07) is 0. The third-order valence-corrected chi connectivity index (χ3v) is 4.89. The Kier molecular flexibility index (Phi) is 1.99. The van der Waals surface area contributed by atoms with E-state index < -0.39 is 0 Å². The van der Waals surface area contributed by atoms with E-state index >= 15 is 0 Å². The predicted molar refractivity (Wildman–Crippen MR) is 54.7 cm³/mol. The summed E-state index contributed by atoms with van der Waals surface area (Å²) in [6.07, 6.45) is 5.79. The van der Waals surface area contributed by atoms with Crippen molar-refractivity contribution < 1.29 is 4.74 Å². The zero-order valence-corrected chi connectivity index (χ0v) is 9.39. The average molecular weight is 182 g/mol. The lowest BCUT2D eigenvalue weighted by molar-refractivity contribution is -0.245. The van der Waals surface area contributed by atoms with Crippen LogP contribution in [0.4, 0.5) is 0 Å². The zero-order chi connectivity index (χ0) is 9.69. The van der Waals surface area contributed by atoms with Gasteiger partial charge in [0.1, 0.15) is 0 Å². The first-order chi connectivity index (χ1) is 6.02. The van der Waals surface area contributed by atoms with Crippen LogP contribution in [0.2, 0.25) is 0 Å². The minimum Gasteiger partial charge on any atom is -0.371 e. The molecule has 0 aromatic heterocycles. The molecule has 1 saturated carbocycles. The molecule has 13 heavy (non-hydrogen) atoms. The van der Waals surface area contributed by atoms with Gasteiger partial charge in [0.15, 0.2) is 0 Å². The molecule has 4 atom stereocenters. The third-order valence-electron chi connectivity index (χ3n) is 4.89. The van der Waals surface area contributed by atoms with Crippen molar-refractivity contribution in [3.63, 3.8) is 0 Å². The summed E-state index contributed by atoms with van der Waals surface area (Å²) in [5, 5.41) is 0. The van der Waals surface area contributed by atoms with E-state index in [1.807, 2.05) is 0 Å². The summed E-state index contributed by atoms with van der Waals surface area (Å²) < 4.78 is 6.18. The summed E-state index contributed by atoms with van der Waals surface area (Å²) in [4.78, 5) is 0. The highest BCUT2D eigenvalue weighted by atomic mass is 16.5. The second kappa shape index (κ2) is 2.73. The van der Waals surface area contributed by atoms with Gasteiger partial charge in [-0.15, -0.1) is 0 Å². The van der Waals surface area contributed by atoms with Gasteiger partial charge in [-0.3, -0.25) is 0 Å². The van der Waals surface area contributed by atoms with Gasteiger partial charge in [0.2, 0.25) is 0 Å². The Morgan fingerprint density at radius 3 is 2.46 bits per heavy atom. The molecular formula is C12H22O. The van der Waals surface area contributed by atoms with Crippen molar-refractivity contribution in [2.24, 2.45) is 11.3 Å². The van der Waals surface area contributed by atoms with E-state index in [0.717, 1.165) is 5.92 Å². The normalized spacial score (nSPS) is 55.4. The molecule has 2 heterocycles. The second-order valence-corrected chi connectivity index (χ2v) is 5.39. The number of rotatable bonds is 1. The molecule has 76 valence electrons. The molecule has 0 aromatic carbocycles. The molecule has 3 unspecified atom stereocenters. The standard InChI is InChI=1S/C12H22O/c1-5-12-7-6-11(4,9(2)8-12)13-10(12)3/h9-10H,5-8H2,1-4H3/t9?,10?,11-,12?/m0/s1. The Morgan fingerprint density at radius 1 is 1.31 bits per heavy atom. The highest BCUT2D eigenvalue weighted by Gasteiger charge is 2.54. The highest BCUT2D eigenvalue weighted by Crippen LogP contribution is 2.56. The van der Waals surface area contributed by atoms with E-state index in [1.54, 1.807) is 0 Å². The fraction of sp³-hybridized carbons (Fsp3) is 1.00. The Labute approximate surface area is 81.9 Å². The largest absolute Gasteiger partial charge is 0.371 e. The summed E-state index contributed by atoms with van der Waals surface area (Å²) in [7, 11) is 0. The second-order valence-electron chi connectivity index (χ2n) is 5.39. The van der Waals surface area contributed by atoms with Crippen molar-refractivity contribution >= 4 is 0 Å². The molecule has 3 fully saturated rings. The number of hydrogen-bond acceptors (Lipinski definition) is 1. The average Bonchev–Trinajstić information content (AvgIpc) is 2.09. The molecule has 2 saturated heterocycles. The molecule has 2 bridgehead atoms. The van der Waals surface area contributed by atoms with E-state index in [4.69, 9.17) is 4.74 Å². The fourth-order valence-corrected chi connectivity index (χ4v) is 3.35. The Morgan fingerprint density at radius 2 is 2.00 bits per heavy atom. The lowest BCUT2D eigenvalue weighted by Crippen LogP contribution is -2.58. The molecule has 0 spiro atoms. The van der Waals surface area contributed by atoms with Crippen LogP contribution < -0.4 is 0 Å². The highest BCUT2D eigenvalue weighted by molar-refractivity contribution is 5.03. The van der Waals surface area contributed by atoms with E-state index in [-0.39, 0.29) is 5.60 Å². The van der Waals surface area contributed by atoms with Crippen molar-refractivity contribution in [3.8, 4) is 0 Å². The molecule has 3 aliphatic rings. The maximum Gasteiger partial charge on any atom is 0.0684 e. The molecular weight excluding hydrogens is 160 g/mol. The lowest BCUT2D eigenvalue weighted by atomic mass is 9.58. The first-order valence-corrected chi connectivity index (χ1v) is 5.70. The monoisotopic (exact) mass is 182 g/mol. The van der Waals surface area contributed by atoms with Crippen LogP contribution in [0.5, 0.6) is 0 Å². The van der Waals surface area contributed by atoms with Gasteiger partial charge in [-0.1, -0.05) is 13.8 Å². The molecule has 3 rings (SSSR count). The quantitative estimate of drug-likeness (QED) is 0.604. The Balaban J connectivity index is 2.27. The third kappa shape index (κ3) is 1.16. The van der Waals surface area contributed by atoms with Crippen molar-refractivity contribution in [3.05, 3.63) is 0 Å². The lowest BCUT2D eigenvalue weighted by Gasteiger charge is -2.59. The first-order valence-electron chi connectivity index (χ1n) is 5.70. The Hall–Kier alpha value is -0.0400. The van der Waals surface area contributed by atoms with Crippen LogP contribution in [0, 0.1) is 11.3 Å². The van der Waals surface area contributed by atoms with Crippen molar-refractivity contribution in [1.29, 1.82) is 0 Å². The van der Waals surface area contributed by atoms with Gasteiger partial charge in [-0.05, 0) is 50.9 Å². The van der Waals surface area contributed by atoms with Crippen molar-refractivity contribution in [1.82, 2.24) is 0 Å². The first kappa shape index (κ1) is 9.51. The van der Waals surface area contributed by atoms with E-state index in [1.165, 1.54) is 25.7 Å². The van der Waals surface area contributed by atoms with E-state index in [9.17, 15) is 0 Å². The molecule has 0 radical (unpaired) electrons. The minimum absolute atomic E-state index is 0.191. The van der Waals surface area contributed by atoms with E-state index in [0.29, 0.717) is 11.5 Å². The van der Waals surface area contributed by atoms with Crippen LogP contribution in [0.25, 0.3) is 0 Å². The topological polar surface area (TPSA) is 9.23 Å².